The molecule has 0 saturated heterocycles. The van der Waals surface area contributed by atoms with Gasteiger partial charge in [0.1, 0.15) is 5.82 Å². The molecule has 0 unspecified atom stereocenters. The van der Waals surface area contributed by atoms with Crippen LogP contribution >= 0.6 is 0 Å². The van der Waals surface area contributed by atoms with Gasteiger partial charge in [0.05, 0.1) is 11.3 Å². The van der Waals surface area contributed by atoms with Crippen molar-refractivity contribution in [1.29, 1.82) is 0 Å². The third kappa shape index (κ3) is 4.18. The second-order valence-corrected chi connectivity index (χ2v) is 4.32. The van der Waals surface area contributed by atoms with Gasteiger partial charge in [0.15, 0.2) is 0 Å². The van der Waals surface area contributed by atoms with E-state index in [-0.39, 0.29) is 23.8 Å². The van der Waals surface area contributed by atoms with Crippen molar-refractivity contribution in [2.24, 2.45) is 5.84 Å². The quantitative estimate of drug-likeness (QED) is 0.396. The number of hydrazine groups is 1. The summed E-state index contributed by atoms with van der Waals surface area (Å²) in [7, 11) is 1.66. The van der Waals surface area contributed by atoms with Gasteiger partial charge in [-0.25, -0.2) is 4.39 Å². The summed E-state index contributed by atoms with van der Waals surface area (Å²) in [5.41, 5.74) is 2.44. The molecular formula is C13H20FN3O2. The topological polar surface area (TPSA) is 78.6 Å². The molecule has 0 aliphatic carbocycles. The number of nitrogens with zero attached hydrogens (tertiary/aromatic N) is 1. The highest BCUT2D eigenvalue weighted by Gasteiger charge is 2.17. The minimum atomic E-state index is -0.554. The van der Waals surface area contributed by atoms with Gasteiger partial charge >= 0.3 is 0 Å². The molecule has 19 heavy (non-hydrogen) atoms. The van der Waals surface area contributed by atoms with Gasteiger partial charge in [0, 0.05) is 20.2 Å². The summed E-state index contributed by atoms with van der Waals surface area (Å²) < 4.78 is 13.5. The molecule has 1 rings (SSSR count). The normalized spacial score (nSPS) is 10.3. The lowest BCUT2D eigenvalue weighted by Crippen LogP contribution is -2.29. The van der Waals surface area contributed by atoms with E-state index in [0.717, 1.165) is 19.3 Å². The van der Waals surface area contributed by atoms with Crippen molar-refractivity contribution in [3.05, 3.63) is 29.6 Å². The molecular weight excluding hydrogens is 249 g/mol. The Balaban J connectivity index is 2.69. The fourth-order valence-corrected chi connectivity index (χ4v) is 1.79. The highest BCUT2D eigenvalue weighted by Crippen LogP contribution is 2.20. The highest BCUT2D eigenvalue weighted by molar-refractivity contribution is 5.99. The number of carbonyl (C=O) groups is 1. The Kier molecular flexibility index (Phi) is 6.24. The monoisotopic (exact) mass is 269 g/mol. The Morgan fingerprint density at radius 3 is 2.79 bits per heavy atom. The van der Waals surface area contributed by atoms with Gasteiger partial charge in [-0.3, -0.25) is 10.6 Å². The number of para-hydroxylation sites is 1. The van der Waals surface area contributed by atoms with Gasteiger partial charge in [-0.15, -0.1) is 0 Å². The van der Waals surface area contributed by atoms with Crippen LogP contribution in [0.2, 0.25) is 0 Å². The van der Waals surface area contributed by atoms with E-state index >= 15 is 0 Å². The molecule has 1 amide bonds. The Morgan fingerprint density at radius 2 is 2.16 bits per heavy atom. The summed E-state index contributed by atoms with van der Waals surface area (Å²) in [4.78, 5) is 13.7. The molecule has 0 radical (unpaired) electrons. The van der Waals surface area contributed by atoms with Crippen LogP contribution < -0.4 is 11.3 Å². The second kappa shape index (κ2) is 7.70. The molecule has 0 saturated carbocycles. The molecule has 0 bridgehead atoms. The summed E-state index contributed by atoms with van der Waals surface area (Å²) >= 11 is 0. The van der Waals surface area contributed by atoms with E-state index < -0.39 is 5.82 Å². The predicted octanol–water partition coefficient (Wildman–Crippen LogP) is 1.35. The lowest BCUT2D eigenvalue weighted by atomic mass is 10.1. The van der Waals surface area contributed by atoms with Gasteiger partial charge in [0.2, 0.25) is 0 Å². The lowest BCUT2D eigenvalue weighted by Gasteiger charge is -2.19. The summed E-state index contributed by atoms with van der Waals surface area (Å²) in [5.74, 6) is 4.41. The molecule has 6 heteroatoms. The number of benzene rings is 1. The average Bonchev–Trinajstić information content (AvgIpc) is 2.42. The third-order valence-corrected chi connectivity index (χ3v) is 2.89. The van der Waals surface area contributed by atoms with Crippen LogP contribution in [0.1, 0.15) is 29.6 Å². The van der Waals surface area contributed by atoms with Crippen LogP contribution in [0.4, 0.5) is 10.1 Å². The molecule has 0 spiro atoms. The number of anilines is 1. The fraction of sp³-hybridized carbons (Fsp3) is 0.462. The maximum atomic E-state index is 13.5. The van der Waals surface area contributed by atoms with Gasteiger partial charge in [0.25, 0.3) is 5.91 Å². The van der Waals surface area contributed by atoms with Gasteiger partial charge in [-0.2, -0.15) is 0 Å². The fourth-order valence-electron chi connectivity index (χ4n) is 1.79. The molecule has 0 aliphatic heterocycles. The number of unbranched alkanes of at least 4 members (excludes halogenated alkanes) is 2. The van der Waals surface area contributed by atoms with E-state index in [2.05, 4.69) is 5.43 Å². The zero-order valence-corrected chi connectivity index (χ0v) is 11.0. The number of amides is 1. The number of carbonyl (C=O) groups excluding carboxylic acids is 1. The molecule has 0 heterocycles. The van der Waals surface area contributed by atoms with Gasteiger partial charge < -0.3 is 15.4 Å². The van der Waals surface area contributed by atoms with Crippen molar-refractivity contribution in [3.8, 4) is 0 Å². The number of aliphatic hydroxyl groups excluding tert-OH is 1. The summed E-state index contributed by atoms with van der Waals surface area (Å²) in [5, 5.41) is 8.67. The van der Waals surface area contributed by atoms with Gasteiger partial charge in [-0.05, 0) is 31.4 Å². The van der Waals surface area contributed by atoms with Crippen molar-refractivity contribution in [2.75, 3.05) is 25.6 Å². The maximum Gasteiger partial charge on any atom is 0.255 e. The summed E-state index contributed by atoms with van der Waals surface area (Å²) in [6.07, 6.45) is 2.36. The van der Waals surface area contributed by atoms with E-state index in [9.17, 15) is 9.18 Å². The molecule has 1 aromatic rings. The van der Waals surface area contributed by atoms with Crippen LogP contribution in [0.5, 0.6) is 0 Å². The predicted molar refractivity (Wildman–Crippen MR) is 72.1 cm³/mol. The van der Waals surface area contributed by atoms with E-state index in [1.54, 1.807) is 7.05 Å². The van der Waals surface area contributed by atoms with Crippen molar-refractivity contribution in [3.63, 3.8) is 0 Å². The van der Waals surface area contributed by atoms with Gasteiger partial charge in [-0.1, -0.05) is 6.07 Å². The first-order chi connectivity index (χ1) is 9.11. The standard InChI is InChI=1S/C13H20FN3O2/c1-17(8-3-2-4-9-18)13(19)10-6-5-7-11(14)12(10)16-15/h5-7,16,18H,2-4,8-9,15H2,1H3. The third-order valence-electron chi connectivity index (χ3n) is 2.89. The second-order valence-electron chi connectivity index (χ2n) is 4.32. The first-order valence-electron chi connectivity index (χ1n) is 6.23. The minimum absolute atomic E-state index is 0.00899. The molecule has 0 aromatic heterocycles. The number of hydrogen-bond donors (Lipinski definition) is 3. The Hall–Kier alpha value is -1.66. The SMILES string of the molecule is CN(CCCCCO)C(=O)c1cccc(F)c1NN. The average molecular weight is 269 g/mol. The molecule has 1 aromatic carbocycles. The van der Waals surface area contributed by atoms with Crippen LogP contribution in [-0.2, 0) is 0 Å². The summed E-state index contributed by atoms with van der Waals surface area (Å²) in [6.45, 7) is 0.710. The number of rotatable bonds is 7. The van der Waals surface area contributed by atoms with E-state index in [0.29, 0.717) is 6.54 Å². The minimum Gasteiger partial charge on any atom is -0.396 e. The molecule has 4 N–H and O–H groups in total. The number of halogens is 1. The lowest BCUT2D eigenvalue weighted by molar-refractivity contribution is 0.0792. The van der Waals surface area contributed by atoms with Crippen molar-refractivity contribution < 1.29 is 14.3 Å². The number of aliphatic hydroxyl groups is 1. The molecule has 0 aliphatic rings. The first-order valence-corrected chi connectivity index (χ1v) is 6.23. The van der Waals surface area contributed by atoms with Crippen LogP contribution in [0.25, 0.3) is 0 Å². The van der Waals surface area contributed by atoms with Crippen LogP contribution in [-0.4, -0.2) is 36.1 Å². The number of nitrogens with two attached hydrogens (primary N) is 1. The van der Waals surface area contributed by atoms with E-state index in [1.807, 2.05) is 0 Å². The van der Waals surface area contributed by atoms with Crippen LogP contribution in [0, 0.1) is 5.82 Å². The Bertz CT molecular complexity index is 426. The number of nitrogens with one attached hydrogen (secondary N) is 1. The Labute approximate surface area is 112 Å². The molecule has 5 nitrogen and oxygen atoms in total. The van der Waals surface area contributed by atoms with Crippen molar-refractivity contribution in [2.45, 2.75) is 19.3 Å². The number of hydrogen-bond acceptors (Lipinski definition) is 4. The maximum absolute atomic E-state index is 13.5. The molecule has 0 atom stereocenters. The largest absolute Gasteiger partial charge is 0.396 e. The first kappa shape index (κ1) is 15.4. The van der Waals surface area contributed by atoms with Crippen LogP contribution in [0.15, 0.2) is 18.2 Å². The van der Waals surface area contributed by atoms with Crippen molar-refractivity contribution >= 4 is 11.6 Å². The smallest absolute Gasteiger partial charge is 0.255 e. The summed E-state index contributed by atoms with van der Waals surface area (Å²) in [6, 6.07) is 4.25. The molecule has 0 fully saturated rings. The van der Waals surface area contributed by atoms with E-state index in [4.69, 9.17) is 10.9 Å². The van der Waals surface area contributed by atoms with Crippen molar-refractivity contribution in [1.82, 2.24) is 4.90 Å². The number of nitrogen functional groups attached to an aromatic ring is 1. The van der Waals surface area contributed by atoms with Crippen LogP contribution in [0.3, 0.4) is 0 Å². The molecule has 106 valence electrons. The zero-order chi connectivity index (χ0) is 14.3. The highest BCUT2D eigenvalue weighted by atomic mass is 19.1. The van der Waals surface area contributed by atoms with E-state index in [1.165, 1.54) is 23.1 Å². The Morgan fingerprint density at radius 1 is 1.42 bits per heavy atom. The zero-order valence-electron chi connectivity index (χ0n) is 11.0.